The average molecular weight is 303 g/mol. The van der Waals surface area contributed by atoms with Gasteiger partial charge in [-0.1, -0.05) is 44.0 Å². The Bertz CT molecular complexity index is 427. The first-order valence-corrected chi connectivity index (χ1v) is 7.31. The minimum Gasteiger partial charge on any atom is -0.329 e. The molecule has 0 fully saturated rings. The number of benzene rings is 1. The molecule has 0 aliphatic rings. The first-order chi connectivity index (χ1) is 8.68. The predicted molar refractivity (Wildman–Crippen MR) is 84.9 cm³/mol. The summed E-state index contributed by atoms with van der Waals surface area (Å²) in [5, 5.41) is 1.41. The minimum absolute atomic E-state index is 0.0698. The molecule has 0 spiro atoms. The molecule has 0 heterocycles. The highest BCUT2D eigenvalue weighted by Crippen LogP contribution is 2.33. The van der Waals surface area contributed by atoms with E-state index in [1.165, 1.54) is 0 Å². The Balaban J connectivity index is 3.10. The van der Waals surface area contributed by atoms with Crippen molar-refractivity contribution in [2.45, 2.75) is 39.8 Å². The second-order valence-electron chi connectivity index (χ2n) is 6.12. The van der Waals surface area contributed by atoms with Crippen LogP contribution < -0.4 is 5.73 Å². The summed E-state index contributed by atoms with van der Waals surface area (Å²) in [5.74, 6) is 0. The van der Waals surface area contributed by atoms with Gasteiger partial charge in [0.15, 0.2) is 0 Å². The van der Waals surface area contributed by atoms with Crippen molar-refractivity contribution in [1.29, 1.82) is 0 Å². The van der Waals surface area contributed by atoms with Crippen molar-refractivity contribution in [1.82, 2.24) is 4.90 Å². The van der Waals surface area contributed by atoms with E-state index in [2.05, 4.69) is 39.6 Å². The smallest absolute Gasteiger partial charge is 0.0485 e. The van der Waals surface area contributed by atoms with Crippen molar-refractivity contribution >= 4 is 23.2 Å². The average Bonchev–Trinajstić information content (AvgIpc) is 2.32. The number of likely N-dealkylation sites (N-methyl/N-ethyl adjacent to an activating group) is 1. The van der Waals surface area contributed by atoms with Gasteiger partial charge in [0.25, 0.3) is 0 Å². The molecule has 19 heavy (non-hydrogen) atoms. The normalized spacial score (nSPS) is 15.6. The zero-order chi connectivity index (χ0) is 14.8. The van der Waals surface area contributed by atoms with Crippen LogP contribution in [0.15, 0.2) is 18.2 Å². The molecule has 2 unspecified atom stereocenters. The van der Waals surface area contributed by atoms with E-state index in [-0.39, 0.29) is 11.5 Å². The predicted octanol–water partition coefficient (Wildman–Crippen LogP) is 4.36. The zero-order valence-electron chi connectivity index (χ0n) is 12.4. The molecule has 2 atom stereocenters. The number of nitrogens with zero attached hydrogens (tertiary/aromatic N) is 1. The number of hydrogen-bond donors (Lipinski definition) is 1. The maximum atomic E-state index is 6.29. The molecule has 108 valence electrons. The highest BCUT2D eigenvalue weighted by Gasteiger charge is 2.29. The number of halogens is 2. The molecule has 0 bridgehead atoms. The maximum Gasteiger partial charge on any atom is 0.0485 e. The molecule has 0 aliphatic carbocycles. The lowest BCUT2D eigenvalue weighted by atomic mass is 9.86. The Labute approximate surface area is 126 Å². The molecule has 1 rings (SSSR count). The molecule has 1 aromatic rings. The van der Waals surface area contributed by atoms with Gasteiger partial charge in [-0.15, -0.1) is 0 Å². The SMILES string of the molecule is CC(N(C)C(CN)c1cc(Cl)ccc1Cl)C(C)(C)C. The third-order valence-electron chi connectivity index (χ3n) is 3.90. The van der Waals surface area contributed by atoms with Crippen LogP contribution in [0.5, 0.6) is 0 Å². The van der Waals surface area contributed by atoms with Crippen LogP contribution in [0, 0.1) is 5.41 Å². The van der Waals surface area contributed by atoms with Crippen LogP contribution in [0.3, 0.4) is 0 Å². The number of hydrogen-bond acceptors (Lipinski definition) is 2. The maximum absolute atomic E-state index is 6.29. The van der Waals surface area contributed by atoms with E-state index >= 15 is 0 Å². The summed E-state index contributed by atoms with van der Waals surface area (Å²) in [4.78, 5) is 2.28. The fourth-order valence-electron chi connectivity index (χ4n) is 2.16. The molecule has 2 nitrogen and oxygen atoms in total. The van der Waals surface area contributed by atoms with Crippen LogP contribution in [0.25, 0.3) is 0 Å². The number of rotatable bonds is 4. The standard InChI is InChI=1S/C15H24Cl2N2/c1-10(15(2,3)4)19(5)14(9-18)12-8-11(16)6-7-13(12)17/h6-8,10,14H,9,18H2,1-5H3. The molecule has 1 aromatic carbocycles. The Kier molecular flexibility index (Phi) is 5.69. The largest absolute Gasteiger partial charge is 0.329 e. The van der Waals surface area contributed by atoms with E-state index in [0.29, 0.717) is 22.6 Å². The third kappa shape index (κ3) is 4.09. The van der Waals surface area contributed by atoms with Crippen molar-refractivity contribution in [3.63, 3.8) is 0 Å². The van der Waals surface area contributed by atoms with Crippen molar-refractivity contribution in [3.8, 4) is 0 Å². The Hall–Kier alpha value is -0.280. The van der Waals surface area contributed by atoms with Crippen LogP contribution in [0.4, 0.5) is 0 Å². The summed E-state index contributed by atoms with van der Waals surface area (Å²) in [5.41, 5.74) is 7.13. The van der Waals surface area contributed by atoms with Gasteiger partial charge in [-0.25, -0.2) is 0 Å². The molecular weight excluding hydrogens is 279 g/mol. The molecule has 0 aromatic heterocycles. The minimum atomic E-state index is 0.0698. The van der Waals surface area contributed by atoms with E-state index in [4.69, 9.17) is 28.9 Å². The van der Waals surface area contributed by atoms with E-state index < -0.39 is 0 Å². The van der Waals surface area contributed by atoms with Gasteiger partial charge >= 0.3 is 0 Å². The molecule has 0 aliphatic heterocycles. The van der Waals surface area contributed by atoms with Gasteiger partial charge in [0.2, 0.25) is 0 Å². The summed E-state index contributed by atoms with van der Waals surface area (Å²) in [6.45, 7) is 9.39. The number of nitrogens with two attached hydrogens (primary N) is 1. The van der Waals surface area contributed by atoms with Gasteiger partial charge in [-0.05, 0) is 43.1 Å². The summed E-state index contributed by atoms with van der Waals surface area (Å²) < 4.78 is 0. The van der Waals surface area contributed by atoms with Crippen molar-refractivity contribution in [2.24, 2.45) is 11.1 Å². The lowest BCUT2D eigenvalue weighted by Crippen LogP contribution is -2.43. The van der Waals surface area contributed by atoms with Crippen molar-refractivity contribution in [2.75, 3.05) is 13.6 Å². The third-order valence-corrected chi connectivity index (χ3v) is 4.48. The highest BCUT2D eigenvalue weighted by molar-refractivity contribution is 6.33. The topological polar surface area (TPSA) is 29.3 Å². The zero-order valence-corrected chi connectivity index (χ0v) is 13.9. The van der Waals surface area contributed by atoms with Crippen molar-refractivity contribution in [3.05, 3.63) is 33.8 Å². The van der Waals surface area contributed by atoms with Crippen LogP contribution in [-0.4, -0.2) is 24.5 Å². The van der Waals surface area contributed by atoms with Crippen LogP contribution in [-0.2, 0) is 0 Å². The van der Waals surface area contributed by atoms with Gasteiger partial charge in [0.1, 0.15) is 0 Å². The lowest BCUT2D eigenvalue weighted by Gasteiger charge is -2.40. The van der Waals surface area contributed by atoms with Crippen LogP contribution in [0.1, 0.15) is 39.3 Å². The Morgan fingerprint density at radius 3 is 2.32 bits per heavy atom. The molecule has 0 saturated carbocycles. The monoisotopic (exact) mass is 302 g/mol. The quantitative estimate of drug-likeness (QED) is 0.895. The highest BCUT2D eigenvalue weighted by atomic mass is 35.5. The second-order valence-corrected chi connectivity index (χ2v) is 6.97. The summed E-state index contributed by atoms with van der Waals surface area (Å²) in [6.07, 6.45) is 0. The van der Waals surface area contributed by atoms with E-state index in [1.54, 1.807) is 6.07 Å². The van der Waals surface area contributed by atoms with E-state index in [1.807, 2.05) is 12.1 Å². The van der Waals surface area contributed by atoms with Gasteiger partial charge in [-0.2, -0.15) is 0 Å². The van der Waals surface area contributed by atoms with Gasteiger partial charge in [-0.3, -0.25) is 4.90 Å². The van der Waals surface area contributed by atoms with Gasteiger partial charge in [0.05, 0.1) is 0 Å². The molecular formula is C15H24Cl2N2. The van der Waals surface area contributed by atoms with E-state index in [0.717, 1.165) is 5.56 Å². The summed E-state index contributed by atoms with van der Waals surface area (Å²) in [7, 11) is 2.09. The molecule has 4 heteroatoms. The molecule has 2 N–H and O–H groups in total. The summed E-state index contributed by atoms with van der Waals surface area (Å²) in [6, 6.07) is 5.98. The fraction of sp³-hybridized carbons (Fsp3) is 0.600. The lowest BCUT2D eigenvalue weighted by molar-refractivity contribution is 0.100. The van der Waals surface area contributed by atoms with Crippen LogP contribution in [0.2, 0.25) is 10.0 Å². The van der Waals surface area contributed by atoms with E-state index in [9.17, 15) is 0 Å². The molecule has 0 amide bonds. The summed E-state index contributed by atoms with van der Waals surface area (Å²) >= 11 is 12.4. The van der Waals surface area contributed by atoms with Crippen molar-refractivity contribution < 1.29 is 0 Å². The van der Waals surface area contributed by atoms with Gasteiger partial charge in [0, 0.05) is 28.7 Å². The first kappa shape index (κ1) is 16.8. The first-order valence-electron chi connectivity index (χ1n) is 6.55. The Morgan fingerprint density at radius 1 is 1.26 bits per heavy atom. The molecule has 0 radical (unpaired) electrons. The van der Waals surface area contributed by atoms with Gasteiger partial charge < -0.3 is 5.73 Å². The van der Waals surface area contributed by atoms with Crippen LogP contribution >= 0.6 is 23.2 Å². The molecule has 0 saturated heterocycles. The Morgan fingerprint density at radius 2 is 1.84 bits per heavy atom. The fourth-order valence-corrected chi connectivity index (χ4v) is 2.59. The second kappa shape index (κ2) is 6.45.